The van der Waals surface area contributed by atoms with Crippen molar-refractivity contribution in [3.63, 3.8) is 0 Å². The third-order valence-electron chi connectivity index (χ3n) is 3.44. The average molecular weight is 286 g/mol. The van der Waals surface area contributed by atoms with Crippen molar-refractivity contribution < 1.29 is 8.42 Å². The summed E-state index contributed by atoms with van der Waals surface area (Å²) in [5, 5.41) is 9.83. The summed E-state index contributed by atoms with van der Waals surface area (Å²) in [6, 6.07) is 0.0924. The molecule has 1 aliphatic carbocycles. The molecule has 0 aliphatic heterocycles. The normalized spacial score (nSPS) is 22.6. The summed E-state index contributed by atoms with van der Waals surface area (Å²) in [5.74, 6) is 0.486. The minimum Gasteiger partial charge on any atom is -0.313 e. The van der Waals surface area contributed by atoms with E-state index in [2.05, 4.69) is 34.1 Å². The van der Waals surface area contributed by atoms with Crippen LogP contribution in [0.3, 0.4) is 0 Å². The Labute approximate surface area is 114 Å². The summed E-state index contributed by atoms with van der Waals surface area (Å²) < 4.78 is 27.2. The molecular weight excluding hydrogens is 264 g/mol. The molecule has 7 heteroatoms. The number of nitrogens with one attached hydrogen (secondary N) is 3. The van der Waals surface area contributed by atoms with Gasteiger partial charge in [-0.2, -0.15) is 5.10 Å². The van der Waals surface area contributed by atoms with E-state index in [4.69, 9.17) is 0 Å². The number of aromatic amines is 1. The third-order valence-corrected chi connectivity index (χ3v) is 4.95. The smallest absolute Gasteiger partial charge is 0.258 e. The molecule has 0 amide bonds. The molecule has 1 fully saturated rings. The van der Waals surface area contributed by atoms with Gasteiger partial charge in [-0.05, 0) is 25.3 Å². The van der Waals surface area contributed by atoms with E-state index in [1.807, 2.05) is 0 Å². The molecule has 0 saturated heterocycles. The predicted molar refractivity (Wildman–Crippen MR) is 73.1 cm³/mol. The maximum Gasteiger partial charge on any atom is 0.258 e. The number of H-pyrrole nitrogens is 1. The van der Waals surface area contributed by atoms with Crippen LogP contribution in [0.15, 0.2) is 11.2 Å². The van der Waals surface area contributed by atoms with E-state index in [0.29, 0.717) is 18.0 Å². The van der Waals surface area contributed by atoms with Crippen LogP contribution in [0, 0.1) is 5.92 Å². The van der Waals surface area contributed by atoms with Crippen molar-refractivity contribution >= 4 is 10.0 Å². The molecule has 1 aromatic rings. The van der Waals surface area contributed by atoms with Gasteiger partial charge in [0.05, 0.1) is 6.20 Å². The summed E-state index contributed by atoms with van der Waals surface area (Å²) in [4.78, 5) is 0. The molecule has 1 heterocycles. The molecule has 1 aromatic heterocycles. The third kappa shape index (κ3) is 3.55. The summed E-state index contributed by atoms with van der Waals surface area (Å²) in [6.07, 6.45) is 4.54. The molecule has 0 aromatic carbocycles. The molecule has 1 aliphatic rings. The Bertz CT molecular complexity index is 512. The first-order valence-electron chi connectivity index (χ1n) is 6.83. The summed E-state index contributed by atoms with van der Waals surface area (Å²) in [7, 11) is -3.47. The lowest BCUT2D eigenvalue weighted by atomic mass is 10.3. The highest BCUT2D eigenvalue weighted by Crippen LogP contribution is 2.34. The first-order chi connectivity index (χ1) is 9.08. The van der Waals surface area contributed by atoms with Gasteiger partial charge in [-0.3, -0.25) is 5.10 Å². The Morgan fingerprint density at radius 3 is 2.89 bits per heavy atom. The standard InChI is InChI=1S/C12H22N4O2S/c1-3-5-13-7-10-8-14-15-12(10)19(17,18)16-11-6-9(11)4-2/h8-9,11,13,16H,3-7H2,1-2H3,(H,14,15). The van der Waals surface area contributed by atoms with Crippen LogP contribution in [0.4, 0.5) is 0 Å². The summed E-state index contributed by atoms with van der Waals surface area (Å²) >= 11 is 0. The van der Waals surface area contributed by atoms with Crippen molar-refractivity contribution in [3.8, 4) is 0 Å². The highest BCUT2D eigenvalue weighted by molar-refractivity contribution is 7.89. The van der Waals surface area contributed by atoms with Gasteiger partial charge in [0, 0.05) is 18.2 Å². The van der Waals surface area contributed by atoms with Crippen LogP contribution in [0.1, 0.15) is 38.7 Å². The van der Waals surface area contributed by atoms with Crippen molar-refractivity contribution in [2.75, 3.05) is 6.54 Å². The molecule has 108 valence electrons. The van der Waals surface area contributed by atoms with Gasteiger partial charge < -0.3 is 5.32 Å². The Balaban J connectivity index is 2.02. The molecule has 6 nitrogen and oxygen atoms in total. The molecular formula is C12H22N4O2S. The first-order valence-corrected chi connectivity index (χ1v) is 8.32. The Morgan fingerprint density at radius 1 is 1.47 bits per heavy atom. The Kier molecular flexibility index (Phi) is 4.59. The molecule has 2 atom stereocenters. The number of rotatable bonds is 8. The van der Waals surface area contributed by atoms with Crippen LogP contribution in [0.2, 0.25) is 0 Å². The second-order valence-electron chi connectivity index (χ2n) is 5.03. The van der Waals surface area contributed by atoms with Crippen molar-refractivity contribution in [2.45, 2.75) is 50.7 Å². The molecule has 2 unspecified atom stereocenters. The van der Waals surface area contributed by atoms with E-state index in [1.54, 1.807) is 6.20 Å². The molecule has 3 N–H and O–H groups in total. The predicted octanol–water partition coefficient (Wildman–Crippen LogP) is 0.986. The van der Waals surface area contributed by atoms with E-state index in [0.717, 1.165) is 25.8 Å². The zero-order valence-corrected chi connectivity index (χ0v) is 12.3. The zero-order chi connectivity index (χ0) is 13.9. The fourth-order valence-corrected chi connectivity index (χ4v) is 3.61. The highest BCUT2D eigenvalue weighted by atomic mass is 32.2. The van der Waals surface area contributed by atoms with Crippen LogP contribution in [0.25, 0.3) is 0 Å². The second kappa shape index (κ2) is 6.02. The largest absolute Gasteiger partial charge is 0.313 e. The highest BCUT2D eigenvalue weighted by Gasteiger charge is 2.39. The van der Waals surface area contributed by atoms with E-state index < -0.39 is 10.0 Å². The minimum absolute atomic E-state index is 0.0924. The van der Waals surface area contributed by atoms with E-state index in [-0.39, 0.29) is 11.1 Å². The maximum atomic E-state index is 12.2. The van der Waals surface area contributed by atoms with Gasteiger partial charge >= 0.3 is 0 Å². The van der Waals surface area contributed by atoms with Gasteiger partial charge in [-0.1, -0.05) is 20.3 Å². The molecule has 2 rings (SSSR count). The van der Waals surface area contributed by atoms with E-state index in [1.165, 1.54) is 0 Å². The quantitative estimate of drug-likeness (QED) is 0.622. The van der Waals surface area contributed by atoms with Gasteiger partial charge in [-0.15, -0.1) is 0 Å². The monoisotopic (exact) mass is 286 g/mol. The summed E-state index contributed by atoms with van der Waals surface area (Å²) in [5.41, 5.74) is 0.689. The zero-order valence-electron chi connectivity index (χ0n) is 11.4. The number of hydrogen-bond donors (Lipinski definition) is 3. The molecule has 1 saturated carbocycles. The number of sulfonamides is 1. The number of hydrogen-bond acceptors (Lipinski definition) is 4. The molecule has 19 heavy (non-hydrogen) atoms. The minimum atomic E-state index is -3.47. The van der Waals surface area contributed by atoms with Crippen LogP contribution < -0.4 is 10.0 Å². The van der Waals surface area contributed by atoms with Gasteiger partial charge in [0.15, 0.2) is 5.03 Å². The number of nitrogens with zero attached hydrogens (tertiary/aromatic N) is 1. The van der Waals surface area contributed by atoms with Gasteiger partial charge in [0.1, 0.15) is 0 Å². The Hall–Kier alpha value is -0.920. The van der Waals surface area contributed by atoms with E-state index >= 15 is 0 Å². The van der Waals surface area contributed by atoms with Crippen LogP contribution in [-0.4, -0.2) is 31.2 Å². The van der Waals surface area contributed by atoms with E-state index in [9.17, 15) is 8.42 Å². The second-order valence-corrected chi connectivity index (χ2v) is 6.68. The average Bonchev–Trinajstić information content (AvgIpc) is 2.92. The lowest BCUT2D eigenvalue weighted by Gasteiger charge is -2.07. The Morgan fingerprint density at radius 2 is 2.26 bits per heavy atom. The molecule has 0 radical (unpaired) electrons. The maximum absolute atomic E-state index is 12.2. The van der Waals surface area contributed by atoms with Gasteiger partial charge in [-0.25, -0.2) is 13.1 Å². The van der Waals surface area contributed by atoms with Gasteiger partial charge in [0.2, 0.25) is 0 Å². The fraction of sp³-hybridized carbons (Fsp3) is 0.750. The lowest BCUT2D eigenvalue weighted by molar-refractivity contribution is 0.568. The van der Waals surface area contributed by atoms with Crippen molar-refractivity contribution in [1.82, 2.24) is 20.2 Å². The fourth-order valence-electron chi connectivity index (χ4n) is 2.16. The SMILES string of the molecule is CCCNCc1cn[nH]c1S(=O)(=O)NC1CC1CC. The number of aromatic nitrogens is 2. The molecule has 0 bridgehead atoms. The van der Waals surface area contributed by atoms with Crippen molar-refractivity contribution in [2.24, 2.45) is 5.92 Å². The van der Waals surface area contributed by atoms with Crippen LogP contribution in [0.5, 0.6) is 0 Å². The first kappa shape index (κ1) is 14.5. The van der Waals surface area contributed by atoms with Gasteiger partial charge in [0.25, 0.3) is 10.0 Å². The van der Waals surface area contributed by atoms with Crippen molar-refractivity contribution in [1.29, 1.82) is 0 Å². The summed E-state index contributed by atoms with van der Waals surface area (Å²) in [6.45, 7) is 5.52. The van der Waals surface area contributed by atoms with Crippen molar-refractivity contribution in [3.05, 3.63) is 11.8 Å². The van der Waals surface area contributed by atoms with Crippen LogP contribution in [-0.2, 0) is 16.6 Å². The molecule has 0 spiro atoms. The van der Waals surface area contributed by atoms with Crippen LogP contribution >= 0.6 is 0 Å². The lowest BCUT2D eigenvalue weighted by Crippen LogP contribution is -2.28. The topological polar surface area (TPSA) is 86.9 Å².